The van der Waals surface area contributed by atoms with Gasteiger partial charge in [-0.1, -0.05) is 229 Å². The summed E-state index contributed by atoms with van der Waals surface area (Å²) in [6, 6.07) is 0. The highest BCUT2D eigenvalue weighted by atomic mass is 16.3. The van der Waals surface area contributed by atoms with E-state index in [2.05, 4.69) is 154 Å². The molecule has 0 heterocycles. The summed E-state index contributed by atoms with van der Waals surface area (Å²) >= 11 is 0. The van der Waals surface area contributed by atoms with E-state index < -0.39 is 0 Å². The monoisotopic (exact) mass is 1660 g/mol. The molecule has 32 atom stereocenters. The Morgan fingerprint density at radius 2 is 0.678 bits per heavy atom. The minimum atomic E-state index is 0.121. The number of allylic oxidation sites excluding steroid dienone is 12. The van der Waals surface area contributed by atoms with Gasteiger partial charge in [-0.05, 0) is 329 Å². The number of aliphatic hydroxyl groups is 4. The van der Waals surface area contributed by atoms with Crippen LogP contribution in [0.15, 0.2) is 95.9 Å². The summed E-state index contributed by atoms with van der Waals surface area (Å²) in [7, 11) is 0. The maximum absolute atomic E-state index is 13.4. The average molecular weight is 1660 g/mol. The third-order valence-electron chi connectivity index (χ3n) is 41.9. The lowest BCUT2D eigenvalue weighted by atomic mass is 9.47. The summed E-state index contributed by atoms with van der Waals surface area (Å²) in [5.41, 5.74) is 9.25. The summed E-state index contributed by atoms with van der Waals surface area (Å²) in [5.74, 6) is 18.3. The van der Waals surface area contributed by atoms with E-state index in [1.54, 1.807) is 11.1 Å². The Hall–Kier alpha value is -4.53. The largest absolute Gasteiger partial charge is 0.513 e. The Balaban J connectivity index is 0.000000139. The van der Waals surface area contributed by atoms with Gasteiger partial charge in [0.25, 0.3) is 0 Å². The van der Waals surface area contributed by atoms with Gasteiger partial charge >= 0.3 is 0 Å². The number of Topliss-reactive ketones (excluding diaryl/α,β-unsaturated/α-hetero) is 5. The predicted molar refractivity (Wildman–Crippen MR) is 497 cm³/mol. The summed E-state index contributed by atoms with van der Waals surface area (Å²) in [4.78, 5) is 61.7. The molecular formula is C112H174O9. The average Bonchev–Trinajstić information content (AvgIpc) is 1.67. The maximum atomic E-state index is 13.4. The topological polar surface area (TPSA) is 166 Å². The third-order valence-corrected chi connectivity index (χ3v) is 41.9. The molecule has 16 aliphatic rings. The highest BCUT2D eigenvalue weighted by molar-refractivity contribution is 5.86. The zero-order valence-corrected chi connectivity index (χ0v) is 79.7. The van der Waals surface area contributed by atoms with Gasteiger partial charge in [-0.3, -0.25) is 24.0 Å². The molecule has 676 valence electrons. The van der Waals surface area contributed by atoms with Crippen LogP contribution in [0.4, 0.5) is 0 Å². The van der Waals surface area contributed by atoms with Crippen molar-refractivity contribution in [1.82, 2.24) is 0 Å². The highest BCUT2D eigenvalue weighted by Gasteiger charge is 2.65. The smallest absolute Gasteiger partial charge is 0.137 e. The molecule has 4 N–H and O–H groups in total. The van der Waals surface area contributed by atoms with Gasteiger partial charge in [0, 0.05) is 87.4 Å². The number of hydrogen-bond acceptors (Lipinski definition) is 9. The van der Waals surface area contributed by atoms with Crippen molar-refractivity contribution in [3.05, 3.63) is 95.9 Å². The number of rotatable bonds is 24. The first-order valence-electron chi connectivity index (χ1n) is 51.0. The van der Waals surface area contributed by atoms with Crippen LogP contribution >= 0.6 is 0 Å². The molecule has 0 aromatic heterocycles. The molecule has 0 spiro atoms. The lowest BCUT2D eigenvalue weighted by molar-refractivity contribution is -0.127. The Morgan fingerprint density at radius 1 is 0.339 bits per heavy atom. The Kier molecular flexibility index (Phi) is 29.0. The van der Waals surface area contributed by atoms with Crippen molar-refractivity contribution in [3.63, 3.8) is 0 Å². The predicted octanol–water partition coefficient (Wildman–Crippen LogP) is 29.8. The number of fused-ring (bicyclic) bond motifs is 20. The molecule has 0 aliphatic heterocycles. The summed E-state index contributed by atoms with van der Waals surface area (Å²) in [6.45, 7) is 53.0. The van der Waals surface area contributed by atoms with Crippen molar-refractivity contribution in [2.24, 2.45) is 185 Å². The first-order valence-corrected chi connectivity index (χ1v) is 51.0. The Labute approximate surface area is 737 Å². The molecule has 12 saturated carbocycles. The maximum Gasteiger partial charge on any atom is 0.137 e. The van der Waals surface area contributed by atoms with Gasteiger partial charge in [0.05, 0.1) is 23.0 Å². The van der Waals surface area contributed by atoms with Crippen LogP contribution in [-0.4, -0.2) is 49.3 Å². The van der Waals surface area contributed by atoms with Crippen molar-refractivity contribution >= 4 is 28.9 Å². The van der Waals surface area contributed by atoms with Gasteiger partial charge in [-0.2, -0.15) is 0 Å². The van der Waals surface area contributed by atoms with Crippen LogP contribution < -0.4 is 0 Å². The first-order chi connectivity index (χ1) is 57.1. The number of carbonyl (C=O) groups excluding carboxylic acids is 5. The van der Waals surface area contributed by atoms with E-state index >= 15 is 0 Å². The van der Waals surface area contributed by atoms with Gasteiger partial charge < -0.3 is 20.4 Å². The molecule has 0 aromatic carbocycles. The molecule has 16 unspecified atom stereocenters. The van der Waals surface area contributed by atoms with Crippen molar-refractivity contribution in [2.45, 2.75) is 387 Å². The van der Waals surface area contributed by atoms with Gasteiger partial charge in [0.2, 0.25) is 0 Å². The second kappa shape index (κ2) is 37.3. The lowest BCUT2D eigenvalue weighted by Crippen LogP contribution is -2.50. The first kappa shape index (κ1) is 94.1. The highest BCUT2D eigenvalue weighted by Crippen LogP contribution is 2.72. The van der Waals surface area contributed by atoms with Crippen LogP contribution in [0.25, 0.3) is 0 Å². The molecular weight excluding hydrogens is 1490 g/mol. The quantitative estimate of drug-likeness (QED) is 0.0543. The third kappa shape index (κ3) is 18.1. The molecule has 16 aliphatic carbocycles. The minimum absolute atomic E-state index is 0.121. The van der Waals surface area contributed by atoms with Gasteiger partial charge in [0.1, 0.15) is 28.9 Å². The fourth-order valence-electron chi connectivity index (χ4n) is 33.7. The fourth-order valence-corrected chi connectivity index (χ4v) is 33.7. The number of hydrogen-bond donors (Lipinski definition) is 4. The summed E-state index contributed by atoms with van der Waals surface area (Å²) in [6.07, 6.45) is 58.5. The van der Waals surface area contributed by atoms with Crippen LogP contribution in [0, 0.1) is 185 Å². The normalized spacial score (nSPS) is 42.3. The van der Waals surface area contributed by atoms with E-state index in [4.69, 9.17) is 0 Å². The molecule has 121 heavy (non-hydrogen) atoms. The van der Waals surface area contributed by atoms with Crippen LogP contribution in [0.1, 0.15) is 387 Å². The van der Waals surface area contributed by atoms with Crippen LogP contribution in [0.2, 0.25) is 0 Å². The van der Waals surface area contributed by atoms with Crippen LogP contribution in [0.3, 0.4) is 0 Å². The van der Waals surface area contributed by atoms with Crippen LogP contribution in [0.5, 0.6) is 0 Å². The summed E-state index contributed by atoms with van der Waals surface area (Å²) < 4.78 is 0. The second-order valence-electron chi connectivity index (χ2n) is 48.0. The number of aliphatic hydroxyl groups excluding tert-OH is 4. The Bertz CT molecular complexity index is 3830. The van der Waals surface area contributed by atoms with Gasteiger partial charge in [-0.25, -0.2) is 0 Å². The van der Waals surface area contributed by atoms with E-state index in [-0.39, 0.29) is 46.2 Å². The molecule has 0 bridgehead atoms. The van der Waals surface area contributed by atoms with E-state index in [0.717, 1.165) is 218 Å². The lowest BCUT2D eigenvalue weighted by Gasteiger charge is -2.58. The molecule has 9 nitrogen and oxygen atoms in total. The van der Waals surface area contributed by atoms with Gasteiger partial charge in [-0.15, -0.1) is 0 Å². The van der Waals surface area contributed by atoms with Crippen LogP contribution in [-0.2, 0) is 24.0 Å². The summed E-state index contributed by atoms with van der Waals surface area (Å²) in [5, 5.41) is 38.4. The zero-order valence-electron chi connectivity index (χ0n) is 79.7. The molecule has 0 saturated heterocycles. The molecule has 0 aromatic rings. The standard InChI is InChI=1S/C28H42O3.3C28H44O2/c1-17(19(3)29)7-6-8-18(2)26-25(31)16-24-22-10-9-20-15-21(30)11-13-27(20,4)23(22)12-14-28(24,26)5;3*1-18(20(3)29)7-6-8-19(2)24-11-12-25-23-10-9-21-17-22(30)13-15-27(21,4)26(23)14-16-28(24,25)5/h9,17-18,22-24,26,29H,3,6-8,10-16H2,1-2,4-5H3;2*10,18-19,21,24-26,29H,3,6-9,11-17H2,1-2,4-5H3;9,18-19,23-26,29H,3,6-8,10-17H2,1-2,4-5H3/t17-,18?,22?,23?,24?,26+,27+,28+;18-,19?,21?,24+,25?,26?,27-,28+;18-,19?,21?,24-,25?,26?,27+,28-;18-,19?,23?,24+,25?,26?,27-,28+/m1010/s1. The van der Waals surface area contributed by atoms with Crippen molar-refractivity contribution in [1.29, 1.82) is 0 Å². The SMILES string of the molecule is C=C(O)[C@@H](C)CCCC(C)[C@H]1CCC2C3=CCC4CC(=O)CC[C@]4(C)C3CC[C@@]21C.C=C(O)[C@@H](C)CCCC(C)[C@H]1CCC2C3CC=C4CC(=O)CC[C@]4(C)C3CC[C@@]21C.C=C(O)[C@H](C)CCCC(C)[C@H]1C(=O)CC2C3CC=C4CC(=O)CC[C@]4(C)C3CC[C@@]21C.C=C(O)[C@H](C)CCCC(C)[C@H]1CCC2C3=CCC4CC(=O)CC[C@]4(C)C3CC[C@@]21C. The second-order valence-corrected chi connectivity index (χ2v) is 48.0. The molecule has 12 fully saturated rings. The van der Waals surface area contributed by atoms with Crippen molar-refractivity contribution < 1.29 is 44.4 Å². The molecule has 9 heteroatoms. The van der Waals surface area contributed by atoms with Gasteiger partial charge in [0.15, 0.2) is 0 Å². The Morgan fingerprint density at radius 3 is 1.07 bits per heavy atom. The number of ketones is 5. The van der Waals surface area contributed by atoms with Crippen molar-refractivity contribution in [3.8, 4) is 0 Å². The minimum Gasteiger partial charge on any atom is -0.513 e. The fraction of sp³-hybridized carbons (Fsp3) is 0.812. The van der Waals surface area contributed by atoms with Crippen molar-refractivity contribution in [2.75, 3.05) is 0 Å². The zero-order chi connectivity index (χ0) is 87.6. The van der Waals surface area contributed by atoms with E-state index in [1.165, 1.54) is 140 Å². The molecule has 16 rings (SSSR count). The van der Waals surface area contributed by atoms with E-state index in [1.807, 2.05) is 6.92 Å². The molecule has 0 radical (unpaired) electrons. The van der Waals surface area contributed by atoms with E-state index in [9.17, 15) is 44.4 Å². The number of carbonyl (C=O) groups is 5. The molecule has 0 amide bonds. The van der Waals surface area contributed by atoms with E-state index in [0.29, 0.717) is 121 Å².